The van der Waals surface area contributed by atoms with Gasteiger partial charge in [-0.3, -0.25) is 4.90 Å². The van der Waals surface area contributed by atoms with Gasteiger partial charge >= 0.3 is 0 Å². The first-order chi connectivity index (χ1) is 17.6. The van der Waals surface area contributed by atoms with Crippen molar-refractivity contribution < 1.29 is 19.7 Å². The van der Waals surface area contributed by atoms with Gasteiger partial charge in [0.15, 0.2) is 5.06 Å². The lowest BCUT2D eigenvalue weighted by molar-refractivity contribution is 0.151. The fourth-order valence-electron chi connectivity index (χ4n) is 4.95. The van der Waals surface area contributed by atoms with Gasteiger partial charge < -0.3 is 19.7 Å². The van der Waals surface area contributed by atoms with E-state index in [1.54, 1.807) is 24.3 Å². The number of aromatic hydroxyl groups is 2. The zero-order chi connectivity index (χ0) is 24.9. The number of phenols is 2. The topological polar surface area (TPSA) is 62.2 Å². The Labute approximate surface area is 216 Å². The highest BCUT2D eigenvalue weighted by atomic mass is 32.1. The molecule has 0 spiro atoms. The van der Waals surface area contributed by atoms with Gasteiger partial charge in [0.05, 0.1) is 0 Å². The third-order valence-corrected chi connectivity index (χ3v) is 7.94. The van der Waals surface area contributed by atoms with E-state index in [-0.39, 0.29) is 11.5 Å². The molecule has 0 bridgehead atoms. The number of phenolic OH excluding ortho intramolecular Hbond substituents is 2. The summed E-state index contributed by atoms with van der Waals surface area (Å²) in [5.74, 6) is 2.90. The number of ether oxygens (including phenoxy) is 2. The molecule has 2 heterocycles. The standard InChI is InChI=1S/C30H33NO4S/c1-2-3-21-14-16-31(17-15-21)18-19-34-25-9-11-26(12-10-25)35-30-29(22-4-6-23(32)7-5-22)27-13-8-24(33)20-28(27)36-30/h4-13,20-21,32-33H,2-3,14-19H2,1H3. The molecule has 0 radical (unpaired) electrons. The minimum Gasteiger partial charge on any atom is -0.508 e. The molecule has 1 aromatic heterocycles. The van der Waals surface area contributed by atoms with Gasteiger partial charge in [0, 0.05) is 22.2 Å². The van der Waals surface area contributed by atoms with E-state index in [0.717, 1.165) is 50.2 Å². The molecular formula is C30H33NO4S. The largest absolute Gasteiger partial charge is 0.508 e. The summed E-state index contributed by atoms with van der Waals surface area (Å²) in [7, 11) is 0. The van der Waals surface area contributed by atoms with E-state index in [9.17, 15) is 10.2 Å². The highest BCUT2D eigenvalue weighted by Gasteiger charge is 2.19. The van der Waals surface area contributed by atoms with Crippen LogP contribution in [0.15, 0.2) is 66.7 Å². The Kier molecular flexibility index (Phi) is 7.63. The number of piperidine rings is 1. The Morgan fingerprint density at radius 1 is 0.889 bits per heavy atom. The van der Waals surface area contributed by atoms with Crippen molar-refractivity contribution in [3.8, 4) is 39.2 Å². The number of benzene rings is 3. The summed E-state index contributed by atoms with van der Waals surface area (Å²) in [6.45, 7) is 6.28. The number of hydrogen-bond donors (Lipinski definition) is 2. The molecule has 0 saturated carbocycles. The Hall–Kier alpha value is -3.22. The molecule has 0 unspecified atom stereocenters. The lowest BCUT2D eigenvalue weighted by Crippen LogP contribution is -2.36. The molecule has 6 heteroatoms. The summed E-state index contributed by atoms with van der Waals surface area (Å²) in [4.78, 5) is 2.51. The zero-order valence-corrected chi connectivity index (χ0v) is 21.5. The van der Waals surface area contributed by atoms with Gasteiger partial charge in [0.1, 0.15) is 29.6 Å². The van der Waals surface area contributed by atoms with Gasteiger partial charge in [-0.15, -0.1) is 0 Å². The van der Waals surface area contributed by atoms with E-state index >= 15 is 0 Å². The summed E-state index contributed by atoms with van der Waals surface area (Å²) in [5, 5.41) is 21.4. The number of fused-ring (bicyclic) bond motifs is 1. The molecule has 1 saturated heterocycles. The van der Waals surface area contributed by atoms with Crippen LogP contribution in [-0.4, -0.2) is 41.4 Å². The summed E-state index contributed by atoms with van der Waals surface area (Å²) in [6, 6.07) is 20.2. The highest BCUT2D eigenvalue weighted by molar-refractivity contribution is 7.21. The molecule has 188 valence electrons. The van der Waals surface area contributed by atoms with Crippen LogP contribution < -0.4 is 9.47 Å². The predicted molar refractivity (Wildman–Crippen MR) is 147 cm³/mol. The van der Waals surface area contributed by atoms with Gasteiger partial charge in [-0.1, -0.05) is 43.2 Å². The molecule has 4 aromatic rings. The minimum absolute atomic E-state index is 0.218. The normalized spacial score (nSPS) is 14.8. The van der Waals surface area contributed by atoms with Crippen molar-refractivity contribution in [2.45, 2.75) is 32.6 Å². The fourth-order valence-corrected chi connectivity index (χ4v) is 6.07. The summed E-state index contributed by atoms with van der Waals surface area (Å²) >= 11 is 1.49. The maximum Gasteiger partial charge on any atom is 0.189 e. The monoisotopic (exact) mass is 503 g/mol. The maximum atomic E-state index is 9.96. The van der Waals surface area contributed by atoms with E-state index < -0.39 is 0 Å². The third kappa shape index (κ3) is 5.77. The summed E-state index contributed by atoms with van der Waals surface area (Å²) < 4.78 is 13.3. The van der Waals surface area contributed by atoms with Crippen LogP contribution in [0.2, 0.25) is 0 Å². The number of thiophene rings is 1. The van der Waals surface area contributed by atoms with Gasteiger partial charge in [0.2, 0.25) is 0 Å². The van der Waals surface area contributed by atoms with Gasteiger partial charge in [-0.2, -0.15) is 0 Å². The zero-order valence-electron chi connectivity index (χ0n) is 20.7. The van der Waals surface area contributed by atoms with Crippen molar-refractivity contribution in [3.63, 3.8) is 0 Å². The Bertz CT molecular complexity index is 1280. The Balaban J connectivity index is 1.24. The molecule has 1 aliphatic heterocycles. The van der Waals surface area contributed by atoms with Gasteiger partial charge in [0.25, 0.3) is 0 Å². The van der Waals surface area contributed by atoms with Crippen LogP contribution in [0.1, 0.15) is 32.6 Å². The third-order valence-electron chi connectivity index (χ3n) is 6.91. The average molecular weight is 504 g/mol. The highest BCUT2D eigenvalue weighted by Crippen LogP contribution is 2.47. The average Bonchev–Trinajstić information content (AvgIpc) is 3.23. The first-order valence-electron chi connectivity index (χ1n) is 12.8. The van der Waals surface area contributed by atoms with Gasteiger partial charge in [-0.25, -0.2) is 0 Å². The number of likely N-dealkylation sites (tertiary alicyclic amines) is 1. The molecule has 5 nitrogen and oxygen atoms in total. The maximum absolute atomic E-state index is 9.96. The van der Waals surface area contributed by atoms with E-state index in [1.807, 2.05) is 42.5 Å². The first kappa shape index (κ1) is 24.5. The quantitative estimate of drug-likeness (QED) is 0.245. The lowest BCUT2D eigenvalue weighted by atomic mass is 9.92. The second-order valence-corrected chi connectivity index (χ2v) is 10.5. The lowest BCUT2D eigenvalue weighted by Gasteiger charge is -2.31. The van der Waals surface area contributed by atoms with Crippen LogP contribution in [0.5, 0.6) is 28.1 Å². The summed E-state index contributed by atoms with van der Waals surface area (Å²) in [5.41, 5.74) is 1.89. The molecule has 1 fully saturated rings. The molecule has 2 N–H and O–H groups in total. The van der Waals surface area contributed by atoms with Crippen molar-refractivity contribution in [1.29, 1.82) is 0 Å². The molecule has 1 aliphatic rings. The van der Waals surface area contributed by atoms with Crippen LogP contribution in [0.4, 0.5) is 0 Å². The van der Waals surface area contributed by atoms with Crippen molar-refractivity contribution >= 4 is 21.4 Å². The summed E-state index contributed by atoms with van der Waals surface area (Å²) in [6.07, 6.45) is 5.27. The molecule has 3 aromatic carbocycles. The SMILES string of the molecule is CCCC1CCN(CCOc2ccc(Oc3sc4cc(O)ccc4c3-c3ccc(O)cc3)cc2)CC1. The van der Waals surface area contributed by atoms with Crippen molar-refractivity contribution in [3.05, 3.63) is 66.7 Å². The van der Waals surface area contributed by atoms with Crippen molar-refractivity contribution in [2.24, 2.45) is 5.92 Å². The van der Waals surface area contributed by atoms with Crippen molar-refractivity contribution in [2.75, 3.05) is 26.2 Å². The van der Waals surface area contributed by atoms with Gasteiger partial charge in [-0.05, 0) is 92.0 Å². The number of rotatable bonds is 9. The van der Waals surface area contributed by atoms with E-state index in [4.69, 9.17) is 9.47 Å². The molecular weight excluding hydrogens is 470 g/mol. The number of nitrogens with zero attached hydrogens (tertiary/aromatic N) is 1. The van der Waals surface area contributed by atoms with E-state index in [2.05, 4.69) is 11.8 Å². The molecule has 36 heavy (non-hydrogen) atoms. The Morgan fingerprint density at radius 2 is 1.58 bits per heavy atom. The molecule has 0 atom stereocenters. The first-order valence-corrected chi connectivity index (χ1v) is 13.6. The van der Waals surface area contributed by atoms with E-state index in [1.165, 1.54) is 50.1 Å². The number of hydrogen-bond acceptors (Lipinski definition) is 6. The van der Waals surface area contributed by atoms with Crippen LogP contribution in [0.25, 0.3) is 21.2 Å². The van der Waals surface area contributed by atoms with E-state index in [0.29, 0.717) is 6.61 Å². The Morgan fingerprint density at radius 3 is 2.31 bits per heavy atom. The second-order valence-electron chi connectivity index (χ2n) is 9.49. The molecule has 0 amide bonds. The van der Waals surface area contributed by atoms with Crippen LogP contribution in [-0.2, 0) is 0 Å². The van der Waals surface area contributed by atoms with Crippen LogP contribution >= 0.6 is 11.3 Å². The van der Waals surface area contributed by atoms with Crippen molar-refractivity contribution in [1.82, 2.24) is 4.90 Å². The minimum atomic E-state index is 0.218. The molecule has 0 aliphatic carbocycles. The van der Waals surface area contributed by atoms with Crippen LogP contribution in [0, 0.1) is 5.92 Å². The smallest absolute Gasteiger partial charge is 0.189 e. The van der Waals surface area contributed by atoms with Crippen LogP contribution in [0.3, 0.4) is 0 Å². The predicted octanol–water partition coefficient (Wildman–Crippen LogP) is 7.66. The second kappa shape index (κ2) is 11.2. The molecule has 5 rings (SSSR count). The fraction of sp³-hybridized carbons (Fsp3) is 0.333.